The number of ether oxygens (including phenoxy) is 1. The standard InChI is InChI=1S/C18H16BrN5O4S/c1-23-16(10-28-13-8-6-12(7-9-13)24(26)27)21-22-18(23)29-11-17(25)20-15-5-3-2-4-14(15)19/h2-9H,10-11H2,1H3,(H,20,25). The van der Waals surface area contributed by atoms with Crippen LogP contribution in [0.3, 0.4) is 0 Å². The maximum absolute atomic E-state index is 12.2. The Morgan fingerprint density at radius 3 is 2.66 bits per heavy atom. The lowest BCUT2D eigenvalue weighted by atomic mass is 10.3. The Balaban J connectivity index is 1.53. The molecule has 3 rings (SSSR count). The van der Waals surface area contributed by atoms with Crippen LogP contribution in [0, 0.1) is 10.1 Å². The zero-order valence-corrected chi connectivity index (χ0v) is 17.6. The summed E-state index contributed by atoms with van der Waals surface area (Å²) >= 11 is 4.65. The van der Waals surface area contributed by atoms with E-state index in [-0.39, 0.29) is 24.0 Å². The van der Waals surface area contributed by atoms with Gasteiger partial charge in [0.15, 0.2) is 11.0 Å². The van der Waals surface area contributed by atoms with Crippen LogP contribution in [0.5, 0.6) is 5.75 Å². The lowest BCUT2D eigenvalue weighted by Gasteiger charge is -2.08. The predicted octanol–water partition coefficient (Wildman–Crippen LogP) is 3.80. The highest BCUT2D eigenvalue weighted by Gasteiger charge is 2.13. The maximum atomic E-state index is 12.2. The lowest BCUT2D eigenvalue weighted by Crippen LogP contribution is -2.15. The monoisotopic (exact) mass is 477 g/mol. The molecule has 0 aliphatic carbocycles. The van der Waals surface area contributed by atoms with Crippen molar-refractivity contribution in [2.24, 2.45) is 7.05 Å². The third kappa shape index (κ3) is 5.55. The van der Waals surface area contributed by atoms with Crippen molar-refractivity contribution in [3.8, 4) is 5.75 Å². The molecule has 0 unspecified atom stereocenters. The fourth-order valence-corrected chi connectivity index (χ4v) is 3.40. The number of carbonyl (C=O) groups is 1. The van der Waals surface area contributed by atoms with Gasteiger partial charge in [-0.05, 0) is 40.2 Å². The summed E-state index contributed by atoms with van der Waals surface area (Å²) in [5.41, 5.74) is 0.698. The second kappa shape index (κ2) is 9.52. The Morgan fingerprint density at radius 2 is 1.97 bits per heavy atom. The summed E-state index contributed by atoms with van der Waals surface area (Å²) in [6.07, 6.45) is 0. The quantitative estimate of drug-likeness (QED) is 0.298. The second-order valence-electron chi connectivity index (χ2n) is 5.81. The second-order valence-corrected chi connectivity index (χ2v) is 7.61. The molecular weight excluding hydrogens is 462 g/mol. The smallest absolute Gasteiger partial charge is 0.269 e. The van der Waals surface area contributed by atoms with E-state index in [1.54, 1.807) is 11.6 Å². The molecule has 0 radical (unpaired) electrons. The number of non-ortho nitro benzene ring substituents is 1. The molecule has 0 bridgehead atoms. The molecule has 0 aliphatic rings. The molecule has 0 saturated carbocycles. The highest BCUT2D eigenvalue weighted by atomic mass is 79.9. The number of aromatic nitrogens is 3. The fourth-order valence-electron chi connectivity index (χ4n) is 2.29. The first-order valence-electron chi connectivity index (χ1n) is 8.36. The highest BCUT2D eigenvalue weighted by molar-refractivity contribution is 9.10. The molecule has 0 saturated heterocycles. The number of rotatable bonds is 8. The van der Waals surface area contributed by atoms with E-state index < -0.39 is 4.92 Å². The molecule has 0 fully saturated rings. The van der Waals surface area contributed by atoms with Gasteiger partial charge in [-0.2, -0.15) is 0 Å². The first-order chi connectivity index (χ1) is 13.9. The molecule has 0 spiro atoms. The number of amides is 1. The van der Waals surface area contributed by atoms with E-state index in [0.717, 1.165) is 4.47 Å². The predicted molar refractivity (Wildman–Crippen MR) is 112 cm³/mol. The maximum Gasteiger partial charge on any atom is 0.269 e. The number of hydrogen-bond acceptors (Lipinski definition) is 7. The number of nitrogens with zero attached hydrogens (tertiary/aromatic N) is 4. The topological polar surface area (TPSA) is 112 Å². The number of halogens is 1. The number of thioether (sulfide) groups is 1. The van der Waals surface area contributed by atoms with Gasteiger partial charge in [0.05, 0.1) is 16.4 Å². The van der Waals surface area contributed by atoms with Crippen LogP contribution in [0.1, 0.15) is 5.82 Å². The van der Waals surface area contributed by atoms with Crippen molar-refractivity contribution in [2.45, 2.75) is 11.8 Å². The van der Waals surface area contributed by atoms with Crippen molar-refractivity contribution in [1.29, 1.82) is 0 Å². The Hall–Kier alpha value is -2.92. The van der Waals surface area contributed by atoms with Crippen LogP contribution >= 0.6 is 27.7 Å². The normalized spacial score (nSPS) is 10.6. The first kappa shape index (κ1) is 20.8. The Bertz CT molecular complexity index is 1030. The summed E-state index contributed by atoms with van der Waals surface area (Å²) in [7, 11) is 1.78. The third-order valence-corrected chi connectivity index (χ3v) is 5.53. The van der Waals surface area contributed by atoms with Gasteiger partial charge in [0.25, 0.3) is 5.69 Å². The van der Waals surface area contributed by atoms with Gasteiger partial charge in [-0.1, -0.05) is 23.9 Å². The van der Waals surface area contributed by atoms with Crippen LogP contribution in [-0.2, 0) is 18.4 Å². The van der Waals surface area contributed by atoms with Crippen LogP contribution in [0.2, 0.25) is 0 Å². The minimum Gasteiger partial charge on any atom is -0.486 e. The van der Waals surface area contributed by atoms with Gasteiger partial charge in [0.1, 0.15) is 12.4 Å². The van der Waals surface area contributed by atoms with Crippen molar-refractivity contribution < 1.29 is 14.5 Å². The third-order valence-electron chi connectivity index (χ3n) is 3.82. The zero-order valence-electron chi connectivity index (χ0n) is 15.2. The number of carbonyl (C=O) groups excluding carboxylic acids is 1. The number of nitro groups is 1. The minimum atomic E-state index is -0.470. The number of benzene rings is 2. The van der Waals surface area contributed by atoms with Crippen LogP contribution < -0.4 is 10.1 Å². The van der Waals surface area contributed by atoms with Crippen LogP contribution in [0.4, 0.5) is 11.4 Å². The molecule has 9 nitrogen and oxygen atoms in total. The molecule has 11 heteroatoms. The molecule has 1 N–H and O–H groups in total. The molecule has 2 aromatic carbocycles. The van der Waals surface area contributed by atoms with E-state index in [1.165, 1.54) is 36.0 Å². The van der Waals surface area contributed by atoms with Crippen molar-refractivity contribution >= 4 is 45.0 Å². The Labute approximate surface area is 178 Å². The molecule has 0 atom stereocenters. The minimum absolute atomic E-state index is 0.00416. The zero-order chi connectivity index (χ0) is 20.8. The van der Waals surface area contributed by atoms with E-state index in [0.29, 0.717) is 22.4 Å². The average Bonchev–Trinajstić information content (AvgIpc) is 3.06. The molecule has 3 aromatic rings. The van der Waals surface area contributed by atoms with Gasteiger partial charge >= 0.3 is 0 Å². The van der Waals surface area contributed by atoms with Crippen molar-refractivity contribution in [3.63, 3.8) is 0 Å². The van der Waals surface area contributed by atoms with E-state index in [9.17, 15) is 14.9 Å². The van der Waals surface area contributed by atoms with Crippen molar-refractivity contribution in [2.75, 3.05) is 11.1 Å². The number of para-hydroxylation sites is 1. The number of anilines is 1. The number of hydrogen-bond donors (Lipinski definition) is 1. The van der Waals surface area contributed by atoms with E-state index in [1.807, 2.05) is 24.3 Å². The van der Waals surface area contributed by atoms with Crippen LogP contribution in [0.15, 0.2) is 58.2 Å². The summed E-state index contributed by atoms with van der Waals surface area (Å²) in [4.78, 5) is 22.4. The van der Waals surface area contributed by atoms with E-state index >= 15 is 0 Å². The van der Waals surface area contributed by atoms with Crippen molar-refractivity contribution in [1.82, 2.24) is 14.8 Å². The molecule has 150 valence electrons. The summed E-state index contributed by atoms with van der Waals surface area (Å²) in [6.45, 7) is 0.144. The highest BCUT2D eigenvalue weighted by Crippen LogP contribution is 2.23. The van der Waals surface area contributed by atoms with Crippen molar-refractivity contribution in [3.05, 3.63) is 68.9 Å². The fraction of sp³-hybridized carbons (Fsp3) is 0.167. The molecule has 1 heterocycles. The summed E-state index contributed by atoms with van der Waals surface area (Å²) in [5, 5.41) is 22.2. The van der Waals surface area contributed by atoms with Gasteiger partial charge < -0.3 is 14.6 Å². The number of nitrogens with one attached hydrogen (secondary N) is 1. The summed E-state index contributed by atoms with van der Waals surface area (Å²) < 4.78 is 8.14. The first-order valence-corrected chi connectivity index (χ1v) is 10.1. The number of nitro benzene ring substituents is 1. The summed E-state index contributed by atoms with van der Waals surface area (Å²) in [6, 6.07) is 13.2. The average molecular weight is 478 g/mol. The van der Waals surface area contributed by atoms with Gasteiger partial charge in [-0.3, -0.25) is 14.9 Å². The van der Waals surface area contributed by atoms with Gasteiger partial charge in [0.2, 0.25) is 5.91 Å². The largest absolute Gasteiger partial charge is 0.486 e. The molecule has 1 aromatic heterocycles. The van der Waals surface area contributed by atoms with Gasteiger partial charge in [-0.25, -0.2) is 0 Å². The van der Waals surface area contributed by atoms with Gasteiger partial charge in [0, 0.05) is 23.7 Å². The molecule has 0 aliphatic heterocycles. The summed E-state index contributed by atoms with van der Waals surface area (Å²) in [5.74, 6) is 1.07. The molecular formula is C18H16BrN5O4S. The Kier molecular flexibility index (Phi) is 6.83. The lowest BCUT2D eigenvalue weighted by molar-refractivity contribution is -0.384. The van der Waals surface area contributed by atoms with E-state index in [2.05, 4.69) is 31.4 Å². The molecule has 29 heavy (non-hydrogen) atoms. The van der Waals surface area contributed by atoms with E-state index in [4.69, 9.17) is 4.74 Å². The molecule has 1 amide bonds. The van der Waals surface area contributed by atoms with Crippen LogP contribution in [0.25, 0.3) is 0 Å². The SMILES string of the molecule is Cn1c(COc2ccc([N+](=O)[O-])cc2)nnc1SCC(=O)Nc1ccccc1Br. The van der Waals surface area contributed by atoms with Gasteiger partial charge in [-0.15, -0.1) is 10.2 Å². The Morgan fingerprint density at radius 1 is 1.24 bits per heavy atom. The van der Waals surface area contributed by atoms with Crippen LogP contribution in [-0.4, -0.2) is 31.3 Å².